The molecule has 1 aromatic carbocycles. The molecule has 1 unspecified atom stereocenters. The van der Waals surface area contributed by atoms with E-state index in [2.05, 4.69) is 49.3 Å². The highest BCUT2D eigenvalue weighted by atomic mass is 16.5. The lowest BCUT2D eigenvalue weighted by Gasteiger charge is -2.31. The second-order valence-electron chi connectivity index (χ2n) is 5.84. The lowest BCUT2D eigenvalue weighted by molar-refractivity contribution is 0.237. The first-order valence-corrected chi connectivity index (χ1v) is 7.19. The SMILES string of the molecule is COc1ccc(C(C)C)cc1CC1CN(C)CCN1. The maximum Gasteiger partial charge on any atom is 0.122 e. The largest absolute Gasteiger partial charge is 0.496 e. The predicted molar refractivity (Wildman–Crippen MR) is 80.1 cm³/mol. The highest BCUT2D eigenvalue weighted by Gasteiger charge is 2.18. The van der Waals surface area contributed by atoms with Gasteiger partial charge in [0.2, 0.25) is 0 Å². The first-order valence-electron chi connectivity index (χ1n) is 7.19. The molecule has 1 saturated heterocycles. The molecule has 1 N–H and O–H groups in total. The molecule has 2 rings (SSSR count). The van der Waals surface area contributed by atoms with Crippen LogP contribution in [0.25, 0.3) is 0 Å². The van der Waals surface area contributed by atoms with Crippen molar-refractivity contribution in [2.75, 3.05) is 33.8 Å². The van der Waals surface area contributed by atoms with Crippen LogP contribution in [0, 0.1) is 0 Å². The number of rotatable bonds is 4. The molecule has 1 atom stereocenters. The van der Waals surface area contributed by atoms with E-state index in [1.54, 1.807) is 7.11 Å². The van der Waals surface area contributed by atoms with E-state index >= 15 is 0 Å². The van der Waals surface area contributed by atoms with Gasteiger partial charge in [-0.2, -0.15) is 0 Å². The molecule has 0 aliphatic carbocycles. The van der Waals surface area contributed by atoms with Crippen molar-refractivity contribution in [3.63, 3.8) is 0 Å². The highest BCUT2D eigenvalue weighted by Crippen LogP contribution is 2.25. The third kappa shape index (κ3) is 3.71. The second kappa shape index (κ2) is 6.40. The van der Waals surface area contributed by atoms with Crippen molar-refractivity contribution in [1.29, 1.82) is 0 Å². The van der Waals surface area contributed by atoms with Crippen molar-refractivity contribution in [1.82, 2.24) is 10.2 Å². The Bertz CT molecular complexity index is 417. The lowest BCUT2D eigenvalue weighted by Crippen LogP contribution is -2.49. The van der Waals surface area contributed by atoms with Gasteiger partial charge in [-0.25, -0.2) is 0 Å². The highest BCUT2D eigenvalue weighted by molar-refractivity contribution is 5.39. The number of ether oxygens (including phenoxy) is 1. The van der Waals surface area contributed by atoms with Gasteiger partial charge in [-0.1, -0.05) is 26.0 Å². The van der Waals surface area contributed by atoms with Crippen LogP contribution in [0.1, 0.15) is 30.9 Å². The van der Waals surface area contributed by atoms with E-state index in [-0.39, 0.29) is 0 Å². The third-order valence-electron chi connectivity index (χ3n) is 3.90. The second-order valence-corrected chi connectivity index (χ2v) is 5.84. The Balaban J connectivity index is 2.14. The summed E-state index contributed by atoms with van der Waals surface area (Å²) in [5, 5.41) is 3.60. The Hall–Kier alpha value is -1.06. The number of benzene rings is 1. The minimum atomic E-state index is 0.523. The van der Waals surface area contributed by atoms with Crippen molar-refractivity contribution in [2.24, 2.45) is 0 Å². The zero-order valence-electron chi connectivity index (χ0n) is 12.6. The van der Waals surface area contributed by atoms with Crippen molar-refractivity contribution in [2.45, 2.75) is 32.2 Å². The monoisotopic (exact) mass is 262 g/mol. The van der Waals surface area contributed by atoms with Crippen LogP contribution in [-0.4, -0.2) is 44.7 Å². The average Bonchev–Trinajstić information content (AvgIpc) is 2.38. The maximum atomic E-state index is 5.51. The smallest absolute Gasteiger partial charge is 0.122 e. The summed E-state index contributed by atoms with van der Waals surface area (Å²) in [6, 6.07) is 7.11. The Kier molecular flexibility index (Phi) is 4.83. The van der Waals surface area contributed by atoms with Gasteiger partial charge >= 0.3 is 0 Å². The van der Waals surface area contributed by atoms with E-state index in [0.717, 1.165) is 31.8 Å². The first kappa shape index (κ1) is 14.4. The molecule has 0 aromatic heterocycles. The third-order valence-corrected chi connectivity index (χ3v) is 3.90. The minimum absolute atomic E-state index is 0.523. The van der Waals surface area contributed by atoms with E-state index in [9.17, 15) is 0 Å². The molecule has 19 heavy (non-hydrogen) atoms. The molecule has 0 spiro atoms. The molecule has 1 aromatic rings. The molecule has 1 fully saturated rings. The average molecular weight is 262 g/mol. The van der Waals surface area contributed by atoms with Crippen molar-refractivity contribution < 1.29 is 4.74 Å². The summed E-state index contributed by atoms with van der Waals surface area (Å²) < 4.78 is 5.51. The summed E-state index contributed by atoms with van der Waals surface area (Å²) >= 11 is 0. The van der Waals surface area contributed by atoms with Gasteiger partial charge in [0.15, 0.2) is 0 Å². The predicted octanol–water partition coefficient (Wildman–Crippen LogP) is 2.26. The summed E-state index contributed by atoms with van der Waals surface area (Å²) in [7, 11) is 3.95. The van der Waals surface area contributed by atoms with Crippen LogP contribution in [0.3, 0.4) is 0 Å². The molecule has 3 heteroatoms. The molecule has 3 nitrogen and oxygen atoms in total. The van der Waals surface area contributed by atoms with E-state index in [1.807, 2.05) is 0 Å². The van der Waals surface area contributed by atoms with Crippen LogP contribution < -0.4 is 10.1 Å². The first-order chi connectivity index (χ1) is 9.10. The van der Waals surface area contributed by atoms with Crippen LogP contribution in [0.4, 0.5) is 0 Å². The van der Waals surface area contributed by atoms with Gasteiger partial charge in [0.1, 0.15) is 5.75 Å². The van der Waals surface area contributed by atoms with Crippen molar-refractivity contribution in [3.8, 4) is 5.75 Å². The number of methoxy groups -OCH3 is 1. The fraction of sp³-hybridized carbons (Fsp3) is 0.625. The number of hydrogen-bond donors (Lipinski definition) is 1. The number of hydrogen-bond acceptors (Lipinski definition) is 3. The van der Waals surface area contributed by atoms with Crippen molar-refractivity contribution >= 4 is 0 Å². The van der Waals surface area contributed by atoms with Crippen LogP contribution >= 0.6 is 0 Å². The molecule has 1 aliphatic rings. The van der Waals surface area contributed by atoms with E-state index in [1.165, 1.54) is 11.1 Å². The fourth-order valence-electron chi connectivity index (χ4n) is 2.71. The maximum absolute atomic E-state index is 5.51. The van der Waals surface area contributed by atoms with Gasteiger partial charge in [-0.05, 0) is 36.6 Å². The number of likely N-dealkylation sites (N-methyl/N-ethyl adjacent to an activating group) is 1. The Labute approximate surface area is 116 Å². The molecule has 0 amide bonds. The normalized spacial score (nSPS) is 20.8. The van der Waals surface area contributed by atoms with Gasteiger partial charge in [0.25, 0.3) is 0 Å². The lowest BCUT2D eigenvalue weighted by atomic mass is 9.96. The topological polar surface area (TPSA) is 24.5 Å². The summed E-state index contributed by atoms with van der Waals surface area (Å²) in [6.45, 7) is 7.79. The summed E-state index contributed by atoms with van der Waals surface area (Å²) in [5.41, 5.74) is 2.71. The quantitative estimate of drug-likeness (QED) is 0.901. The molecule has 106 valence electrons. The molecular weight excluding hydrogens is 236 g/mol. The van der Waals surface area contributed by atoms with Crippen LogP contribution in [0.15, 0.2) is 18.2 Å². The standard InChI is InChI=1S/C16H26N2O/c1-12(2)13-5-6-16(19-4)14(9-13)10-15-11-18(3)8-7-17-15/h5-6,9,12,15,17H,7-8,10-11H2,1-4H3. The molecule has 0 bridgehead atoms. The van der Waals surface area contributed by atoms with Crippen LogP contribution in [-0.2, 0) is 6.42 Å². The summed E-state index contributed by atoms with van der Waals surface area (Å²) in [4.78, 5) is 2.39. The Morgan fingerprint density at radius 1 is 1.42 bits per heavy atom. The number of nitrogens with one attached hydrogen (secondary N) is 1. The number of piperazine rings is 1. The van der Waals surface area contributed by atoms with E-state index < -0.39 is 0 Å². The van der Waals surface area contributed by atoms with Crippen molar-refractivity contribution in [3.05, 3.63) is 29.3 Å². The van der Waals surface area contributed by atoms with Gasteiger partial charge in [0.05, 0.1) is 7.11 Å². The van der Waals surface area contributed by atoms with Gasteiger partial charge in [-0.15, -0.1) is 0 Å². The van der Waals surface area contributed by atoms with Crippen LogP contribution in [0.2, 0.25) is 0 Å². The number of nitrogens with zero attached hydrogens (tertiary/aromatic N) is 1. The van der Waals surface area contributed by atoms with Gasteiger partial charge in [-0.3, -0.25) is 0 Å². The van der Waals surface area contributed by atoms with Crippen LogP contribution in [0.5, 0.6) is 5.75 Å². The van der Waals surface area contributed by atoms with Gasteiger partial charge in [0, 0.05) is 25.7 Å². The summed E-state index contributed by atoms with van der Waals surface area (Å²) in [5.74, 6) is 1.58. The zero-order valence-corrected chi connectivity index (χ0v) is 12.6. The fourth-order valence-corrected chi connectivity index (χ4v) is 2.71. The molecular formula is C16H26N2O. The molecule has 0 radical (unpaired) electrons. The molecule has 1 aliphatic heterocycles. The molecule has 1 heterocycles. The summed E-state index contributed by atoms with van der Waals surface area (Å²) in [6.07, 6.45) is 1.04. The molecule has 0 saturated carbocycles. The minimum Gasteiger partial charge on any atom is -0.496 e. The van der Waals surface area contributed by atoms with E-state index in [4.69, 9.17) is 4.74 Å². The zero-order chi connectivity index (χ0) is 13.8. The Morgan fingerprint density at radius 2 is 2.21 bits per heavy atom. The Morgan fingerprint density at radius 3 is 2.84 bits per heavy atom. The van der Waals surface area contributed by atoms with E-state index in [0.29, 0.717) is 12.0 Å². The van der Waals surface area contributed by atoms with Gasteiger partial charge < -0.3 is 15.0 Å².